The van der Waals surface area contributed by atoms with E-state index in [9.17, 15) is 27.4 Å². The summed E-state index contributed by atoms with van der Waals surface area (Å²) in [5, 5.41) is 8.52. The van der Waals surface area contributed by atoms with Gasteiger partial charge in [-0.3, -0.25) is 14.4 Å². The van der Waals surface area contributed by atoms with Gasteiger partial charge in [0.1, 0.15) is 6.54 Å². The number of ketones is 1. The minimum absolute atomic E-state index is 0.00191. The lowest BCUT2D eigenvalue weighted by atomic mass is 9.79. The normalized spacial score (nSPS) is 16.0. The number of fused-ring (bicyclic) bond motifs is 4. The van der Waals surface area contributed by atoms with Gasteiger partial charge in [-0.15, -0.1) is 0 Å². The fourth-order valence-corrected chi connectivity index (χ4v) is 10.7. The Labute approximate surface area is 415 Å². The molecule has 11 heteroatoms. The zero-order chi connectivity index (χ0) is 50.1. The van der Waals surface area contributed by atoms with Gasteiger partial charge in [-0.05, 0) is 98.7 Å². The lowest BCUT2D eigenvalue weighted by Crippen LogP contribution is -2.29. The Morgan fingerprint density at radius 1 is 0.743 bits per heavy atom. The molecule has 0 saturated heterocycles. The van der Waals surface area contributed by atoms with Crippen LogP contribution in [0.2, 0.25) is 0 Å². The van der Waals surface area contributed by atoms with Gasteiger partial charge in [0.2, 0.25) is 17.5 Å². The number of benzene rings is 5. The van der Waals surface area contributed by atoms with Gasteiger partial charge in [0.25, 0.3) is 0 Å². The van der Waals surface area contributed by atoms with E-state index >= 15 is 0 Å². The molecular formula is C59H68N4O6S. The van der Waals surface area contributed by atoms with E-state index in [0.717, 1.165) is 60.4 Å². The van der Waals surface area contributed by atoms with Crippen molar-refractivity contribution in [1.82, 2.24) is 10.6 Å². The molecule has 1 atom stereocenters. The van der Waals surface area contributed by atoms with Crippen LogP contribution in [-0.4, -0.2) is 72.8 Å². The molecule has 5 aromatic rings. The predicted molar refractivity (Wildman–Crippen MR) is 282 cm³/mol. The standard InChI is InChI=1S/C59H68N4O6S/c1-7-62-50-33-31-43(40-54(64)60-35-18-8-9-19-36-61-57(66)42(2)46-26-22-27-47(41-46)56(65)45-24-12-10-13-25-45)39-49(50)58(3,4)52(62)29-14-11-15-30-53-59(5,6)55-48-28-17-16-23-44(48)32-34-51(55)63(53)37-20-21-38-70(67,68)69/h10-17,22-34,39,41-42H,7-9,18-21,35-38,40H2,1-6H3,(H2-,60,61,64,66,67,68,69)/t42-/m0/s1. The SMILES string of the molecule is CCN1/C(=C/C=C/C=C/C2=[N+](CCCCS(=O)(=O)[O-])c3ccc4ccccc4c3C2(C)C)C(C)(C)c2cc(CC(=O)NCCCCCCNC(=O)[C@@H](C)c3cccc(C(=O)c4ccccc4)c3)ccc21. The smallest absolute Gasteiger partial charge is 0.227 e. The third-order valence-corrected chi connectivity index (χ3v) is 14.7. The summed E-state index contributed by atoms with van der Waals surface area (Å²) in [7, 11) is -4.27. The molecule has 2 heterocycles. The van der Waals surface area contributed by atoms with Crippen LogP contribution in [0.5, 0.6) is 0 Å². The van der Waals surface area contributed by atoms with E-state index in [2.05, 4.69) is 134 Å². The summed E-state index contributed by atoms with van der Waals surface area (Å²) >= 11 is 0. The van der Waals surface area contributed by atoms with Crippen molar-refractivity contribution in [2.24, 2.45) is 0 Å². The molecule has 0 bridgehead atoms. The highest BCUT2D eigenvalue weighted by molar-refractivity contribution is 7.85. The number of carbonyl (C=O) groups excluding carboxylic acids is 3. The van der Waals surface area contributed by atoms with E-state index in [1.807, 2.05) is 49.4 Å². The van der Waals surface area contributed by atoms with Crippen molar-refractivity contribution in [1.29, 1.82) is 0 Å². The summed E-state index contributed by atoms with van der Waals surface area (Å²) < 4.78 is 36.4. The molecule has 0 aliphatic carbocycles. The molecule has 0 aromatic heterocycles. The predicted octanol–water partition coefficient (Wildman–Crippen LogP) is 10.7. The Morgan fingerprint density at radius 2 is 1.46 bits per heavy atom. The molecule has 2 aliphatic heterocycles. The fourth-order valence-electron chi connectivity index (χ4n) is 10.2. The van der Waals surface area contributed by atoms with E-state index in [0.29, 0.717) is 50.0 Å². The van der Waals surface area contributed by atoms with E-state index < -0.39 is 10.1 Å². The number of unbranched alkanes of at least 4 members (excludes halogenated alkanes) is 4. The summed E-state index contributed by atoms with van der Waals surface area (Å²) in [4.78, 5) is 41.3. The lowest BCUT2D eigenvalue weighted by molar-refractivity contribution is -0.438. The van der Waals surface area contributed by atoms with Crippen LogP contribution in [0.1, 0.15) is 124 Å². The molecule has 0 fully saturated rings. The molecule has 2 N–H and O–H groups in total. The maximum atomic E-state index is 13.1. The topological polar surface area (TPSA) is 139 Å². The number of hydrogen-bond donors (Lipinski definition) is 2. The van der Waals surface area contributed by atoms with Gasteiger partial charge in [-0.1, -0.05) is 130 Å². The van der Waals surface area contributed by atoms with E-state index in [1.165, 1.54) is 27.6 Å². The van der Waals surface area contributed by atoms with Gasteiger partial charge >= 0.3 is 0 Å². The summed E-state index contributed by atoms with van der Waals surface area (Å²) in [6, 6.07) is 35.5. The van der Waals surface area contributed by atoms with Crippen LogP contribution in [0.15, 0.2) is 145 Å². The molecule has 7 rings (SSSR count). The summed E-state index contributed by atoms with van der Waals surface area (Å²) in [6.45, 7) is 15.5. The maximum Gasteiger partial charge on any atom is 0.227 e. The molecular weight excluding hydrogens is 893 g/mol. The second kappa shape index (κ2) is 22.5. The van der Waals surface area contributed by atoms with Gasteiger partial charge in [-0.2, -0.15) is 4.58 Å². The Balaban J connectivity index is 0.890. The number of hydrogen-bond acceptors (Lipinski definition) is 7. The molecule has 10 nitrogen and oxygen atoms in total. The zero-order valence-electron chi connectivity index (χ0n) is 41.6. The van der Waals surface area contributed by atoms with Crippen LogP contribution < -0.4 is 15.5 Å². The van der Waals surface area contributed by atoms with E-state index in [-0.39, 0.29) is 40.1 Å². The highest BCUT2D eigenvalue weighted by Gasteiger charge is 2.45. The van der Waals surface area contributed by atoms with Crippen LogP contribution in [0.25, 0.3) is 10.8 Å². The third-order valence-electron chi connectivity index (χ3n) is 14.0. The fraction of sp³-hybridized carbons (Fsp3) is 0.356. The Morgan fingerprint density at radius 3 is 2.20 bits per heavy atom. The lowest BCUT2D eigenvalue weighted by Gasteiger charge is -2.25. The molecule has 0 spiro atoms. The van der Waals surface area contributed by atoms with Crippen LogP contribution in [0.4, 0.5) is 11.4 Å². The van der Waals surface area contributed by atoms with Crippen molar-refractivity contribution in [3.63, 3.8) is 0 Å². The quantitative estimate of drug-likeness (QED) is 0.0232. The molecule has 2 amide bonds. The summed E-state index contributed by atoms with van der Waals surface area (Å²) in [5.41, 5.74) is 9.34. The molecule has 0 unspecified atom stereocenters. The van der Waals surface area contributed by atoms with Crippen molar-refractivity contribution in [3.05, 3.63) is 179 Å². The zero-order valence-corrected chi connectivity index (χ0v) is 42.4. The second-order valence-electron chi connectivity index (χ2n) is 19.6. The maximum absolute atomic E-state index is 13.1. The van der Waals surface area contributed by atoms with Gasteiger partial charge in [0.15, 0.2) is 11.5 Å². The Kier molecular flexibility index (Phi) is 16.6. The molecule has 0 saturated carbocycles. The number of rotatable bonds is 22. The molecule has 5 aromatic carbocycles. The average Bonchev–Trinajstić information content (AvgIpc) is 3.70. The average molecular weight is 961 g/mol. The van der Waals surface area contributed by atoms with E-state index in [4.69, 9.17) is 0 Å². The first-order valence-electron chi connectivity index (χ1n) is 24.8. The number of anilines is 1. The first-order chi connectivity index (χ1) is 33.5. The second-order valence-corrected chi connectivity index (χ2v) is 21.1. The number of nitrogens with zero attached hydrogens (tertiary/aromatic N) is 2. The van der Waals surface area contributed by atoms with Crippen LogP contribution in [-0.2, 0) is 37.0 Å². The van der Waals surface area contributed by atoms with E-state index in [1.54, 1.807) is 18.2 Å². The minimum Gasteiger partial charge on any atom is -0.748 e. The van der Waals surface area contributed by atoms with Gasteiger partial charge in [-0.25, -0.2) is 8.42 Å². The van der Waals surface area contributed by atoms with Crippen molar-refractivity contribution >= 4 is 55.6 Å². The van der Waals surface area contributed by atoms with Gasteiger partial charge in [0.05, 0.1) is 27.9 Å². The van der Waals surface area contributed by atoms with Crippen molar-refractivity contribution < 1.29 is 31.9 Å². The molecule has 70 heavy (non-hydrogen) atoms. The number of allylic oxidation sites excluding steroid dienone is 6. The highest BCUT2D eigenvalue weighted by atomic mass is 32.2. The van der Waals surface area contributed by atoms with Gasteiger partial charge < -0.3 is 20.1 Å². The Bertz CT molecular complexity index is 2970. The van der Waals surface area contributed by atoms with Crippen molar-refractivity contribution in [2.75, 3.05) is 36.8 Å². The Hall–Kier alpha value is -6.43. The number of nitrogens with one attached hydrogen (secondary N) is 2. The summed E-state index contributed by atoms with van der Waals surface area (Å²) in [5.74, 6) is -0.873. The largest absolute Gasteiger partial charge is 0.748 e. The van der Waals surface area contributed by atoms with Crippen LogP contribution in [0, 0.1) is 0 Å². The third kappa shape index (κ3) is 11.9. The monoisotopic (exact) mass is 960 g/mol. The highest BCUT2D eigenvalue weighted by Crippen LogP contribution is 2.48. The minimum atomic E-state index is -4.27. The molecule has 0 radical (unpaired) electrons. The molecule has 2 aliphatic rings. The number of carbonyl (C=O) groups is 3. The van der Waals surface area contributed by atoms with Crippen LogP contribution >= 0.6 is 0 Å². The van der Waals surface area contributed by atoms with Crippen LogP contribution in [0.3, 0.4) is 0 Å². The van der Waals surface area contributed by atoms with Gasteiger partial charge in [0, 0.05) is 77.4 Å². The summed E-state index contributed by atoms with van der Waals surface area (Å²) in [6.07, 6.45) is 15.3. The van der Waals surface area contributed by atoms with Crippen molar-refractivity contribution in [2.45, 2.75) is 103 Å². The molecule has 366 valence electrons. The first kappa shape index (κ1) is 51.4. The first-order valence-corrected chi connectivity index (χ1v) is 26.4. The number of likely N-dealkylation sites (N-methyl/N-ethyl adjacent to an activating group) is 1. The number of amides is 2. The van der Waals surface area contributed by atoms with Crippen molar-refractivity contribution in [3.8, 4) is 0 Å².